The van der Waals surface area contributed by atoms with Gasteiger partial charge in [-0.3, -0.25) is 0 Å². The molecule has 0 amide bonds. The molecule has 5 nitrogen and oxygen atoms in total. The first-order valence-electron chi connectivity index (χ1n) is 4.45. The predicted molar refractivity (Wildman–Crippen MR) is 53.4 cm³/mol. The van der Waals surface area contributed by atoms with Crippen LogP contribution in [0.4, 0.5) is 0 Å². The standard InChI is InChI=1S/C11H8O5.Na/c1-15-8-4-2-3-6-7(8)5-9(10(12)13)16-11(6)14;/h2-5H,1H3,(H,12,13);/q;+1/p-1. The zero-order chi connectivity index (χ0) is 11.7. The molecule has 0 saturated heterocycles. The first kappa shape index (κ1) is 13.8. The molecule has 1 heterocycles. The van der Waals surface area contributed by atoms with Crippen LogP contribution >= 0.6 is 0 Å². The maximum Gasteiger partial charge on any atom is 1.00 e. The van der Waals surface area contributed by atoms with Crippen LogP contribution in [0.15, 0.2) is 33.5 Å². The van der Waals surface area contributed by atoms with E-state index in [4.69, 9.17) is 4.74 Å². The number of carboxylic acids is 1. The van der Waals surface area contributed by atoms with Crippen LogP contribution in [0.3, 0.4) is 0 Å². The first-order valence-corrected chi connectivity index (χ1v) is 4.45. The molecule has 0 spiro atoms. The molecule has 82 valence electrons. The number of hydrogen-bond acceptors (Lipinski definition) is 5. The minimum absolute atomic E-state index is 0. The van der Waals surface area contributed by atoms with E-state index in [2.05, 4.69) is 4.42 Å². The van der Waals surface area contributed by atoms with E-state index in [9.17, 15) is 14.7 Å². The van der Waals surface area contributed by atoms with E-state index in [-0.39, 0.29) is 34.9 Å². The van der Waals surface area contributed by atoms with Gasteiger partial charge in [0.2, 0.25) is 0 Å². The summed E-state index contributed by atoms with van der Waals surface area (Å²) in [5, 5.41) is 11.3. The van der Waals surface area contributed by atoms with Gasteiger partial charge in [-0.05, 0) is 18.2 Å². The van der Waals surface area contributed by atoms with Crippen LogP contribution in [0, 0.1) is 0 Å². The molecule has 0 radical (unpaired) electrons. The van der Waals surface area contributed by atoms with Crippen LogP contribution in [0.25, 0.3) is 10.8 Å². The van der Waals surface area contributed by atoms with Crippen molar-refractivity contribution in [2.75, 3.05) is 7.11 Å². The Kier molecular flexibility index (Phi) is 4.34. The Morgan fingerprint density at radius 1 is 1.35 bits per heavy atom. The summed E-state index contributed by atoms with van der Waals surface area (Å²) in [4.78, 5) is 22.1. The van der Waals surface area contributed by atoms with E-state index in [1.54, 1.807) is 12.1 Å². The Bertz CT molecular complexity index is 617. The monoisotopic (exact) mass is 242 g/mol. The summed E-state index contributed by atoms with van der Waals surface area (Å²) < 4.78 is 9.60. The zero-order valence-electron chi connectivity index (χ0n) is 9.35. The van der Waals surface area contributed by atoms with Crippen molar-refractivity contribution in [1.82, 2.24) is 0 Å². The summed E-state index contributed by atoms with van der Waals surface area (Å²) in [6, 6.07) is 5.99. The summed E-state index contributed by atoms with van der Waals surface area (Å²) in [7, 11) is 1.43. The molecule has 2 rings (SSSR count). The van der Waals surface area contributed by atoms with Gasteiger partial charge < -0.3 is 19.1 Å². The number of aromatic carboxylic acids is 1. The number of fused-ring (bicyclic) bond motifs is 1. The largest absolute Gasteiger partial charge is 1.00 e. The van der Waals surface area contributed by atoms with Gasteiger partial charge in [0.1, 0.15) is 11.7 Å². The fraction of sp³-hybridized carbons (Fsp3) is 0.0909. The molecule has 17 heavy (non-hydrogen) atoms. The fourth-order valence-corrected chi connectivity index (χ4v) is 1.46. The van der Waals surface area contributed by atoms with Crippen LogP contribution in [-0.2, 0) is 0 Å². The van der Waals surface area contributed by atoms with Crippen LogP contribution < -0.4 is 45.0 Å². The zero-order valence-corrected chi connectivity index (χ0v) is 11.4. The smallest absolute Gasteiger partial charge is 0.542 e. The molecule has 0 saturated carbocycles. The number of methoxy groups -OCH3 is 1. The van der Waals surface area contributed by atoms with Gasteiger partial charge >= 0.3 is 35.2 Å². The molecule has 0 aliphatic carbocycles. The maximum atomic E-state index is 11.5. The Morgan fingerprint density at radius 2 is 2.06 bits per heavy atom. The van der Waals surface area contributed by atoms with Crippen molar-refractivity contribution in [3.63, 3.8) is 0 Å². The Labute approximate surface area is 118 Å². The molecule has 1 aromatic carbocycles. The molecule has 0 fully saturated rings. The summed E-state index contributed by atoms with van der Waals surface area (Å²) in [5.74, 6) is -1.64. The second kappa shape index (κ2) is 5.35. The molecular weight excluding hydrogens is 235 g/mol. The Hall–Kier alpha value is -1.30. The van der Waals surface area contributed by atoms with E-state index in [1.807, 2.05) is 0 Å². The van der Waals surface area contributed by atoms with Crippen LogP contribution in [-0.4, -0.2) is 13.1 Å². The van der Waals surface area contributed by atoms with Crippen molar-refractivity contribution in [3.05, 3.63) is 40.4 Å². The van der Waals surface area contributed by atoms with E-state index in [1.165, 1.54) is 19.2 Å². The third-order valence-corrected chi connectivity index (χ3v) is 2.19. The number of rotatable bonds is 2. The number of carbonyl (C=O) groups excluding carboxylic acids is 1. The number of carboxylic acid groups (broad SMARTS) is 1. The Balaban J connectivity index is 0.00000144. The van der Waals surface area contributed by atoms with Gasteiger partial charge in [0.25, 0.3) is 0 Å². The summed E-state index contributed by atoms with van der Waals surface area (Å²) in [6.45, 7) is 0. The molecule has 0 N–H and O–H groups in total. The van der Waals surface area contributed by atoms with Crippen molar-refractivity contribution in [2.24, 2.45) is 0 Å². The van der Waals surface area contributed by atoms with Gasteiger partial charge in [-0.25, -0.2) is 4.79 Å². The number of ether oxygens (including phenoxy) is 1. The van der Waals surface area contributed by atoms with Crippen molar-refractivity contribution in [2.45, 2.75) is 0 Å². The third-order valence-electron chi connectivity index (χ3n) is 2.19. The molecule has 0 atom stereocenters. The number of hydrogen-bond donors (Lipinski definition) is 0. The molecule has 0 aliphatic rings. The number of benzene rings is 1. The molecule has 0 aliphatic heterocycles. The fourth-order valence-electron chi connectivity index (χ4n) is 1.46. The summed E-state index contributed by atoms with van der Waals surface area (Å²) in [6.07, 6.45) is 0. The normalized spacial score (nSPS) is 9.71. The van der Waals surface area contributed by atoms with Crippen molar-refractivity contribution in [3.8, 4) is 5.75 Å². The van der Waals surface area contributed by atoms with E-state index >= 15 is 0 Å². The molecule has 0 unspecified atom stereocenters. The first-order chi connectivity index (χ1) is 7.63. The van der Waals surface area contributed by atoms with Crippen LogP contribution in [0.2, 0.25) is 0 Å². The molecule has 2 aromatic rings. The van der Waals surface area contributed by atoms with Gasteiger partial charge in [-0.1, -0.05) is 6.07 Å². The molecule has 6 heteroatoms. The predicted octanol–water partition coefficient (Wildman–Crippen LogP) is -2.83. The summed E-state index contributed by atoms with van der Waals surface area (Å²) >= 11 is 0. The van der Waals surface area contributed by atoms with Crippen LogP contribution in [0.1, 0.15) is 10.6 Å². The SMILES string of the molecule is COc1cccc2c(=O)oc(C(=O)[O-])cc12.[Na+]. The average molecular weight is 242 g/mol. The quantitative estimate of drug-likeness (QED) is 0.530. The van der Waals surface area contributed by atoms with Gasteiger partial charge in [0.15, 0.2) is 5.76 Å². The molecule has 0 bridgehead atoms. The average Bonchev–Trinajstić information content (AvgIpc) is 2.28. The second-order valence-corrected chi connectivity index (χ2v) is 3.11. The number of carbonyl (C=O) groups is 1. The van der Waals surface area contributed by atoms with Gasteiger partial charge in [-0.2, -0.15) is 0 Å². The summed E-state index contributed by atoms with van der Waals surface area (Å²) in [5.41, 5.74) is -0.726. The van der Waals surface area contributed by atoms with Crippen molar-refractivity contribution in [1.29, 1.82) is 0 Å². The van der Waals surface area contributed by atoms with E-state index in [0.717, 1.165) is 0 Å². The minimum Gasteiger partial charge on any atom is -0.542 e. The van der Waals surface area contributed by atoms with Crippen molar-refractivity contribution < 1.29 is 48.6 Å². The van der Waals surface area contributed by atoms with Gasteiger partial charge in [0, 0.05) is 5.39 Å². The third kappa shape index (κ3) is 2.52. The Morgan fingerprint density at radius 3 is 2.65 bits per heavy atom. The van der Waals surface area contributed by atoms with Crippen LogP contribution in [0.5, 0.6) is 5.75 Å². The molecule has 1 aromatic heterocycles. The second-order valence-electron chi connectivity index (χ2n) is 3.11. The van der Waals surface area contributed by atoms with Gasteiger partial charge in [0.05, 0.1) is 12.5 Å². The van der Waals surface area contributed by atoms with Crippen molar-refractivity contribution >= 4 is 16.7 Å². The minimum atomic E-state index is -1.54. The maximum absolute atomic E-state index is 11.5. The molecular formula is C11H7NaO5. The van der Waals surface area contributed by atoms with Gasteiger partial charge in [-0.15, -0.1) is 0 Å². The van der Waals surface area contributed by atoms with E-state index in [0.29, 0.717) is 11.1 Å². The van der Waals surface area contributed by atoms with E-state index < -0.39 is 17.4 Å². The topological polar surface area (TPSA) is 79.6 Å².